The molecule has 0 aliphatic carbocycles. The molecule has 0 saturated carbocycles. The molecule has 2 N–H and O–H groups in total. The Bertz CT molecular complexity index is 118. The molecule has 1 heterocycles. The minimum absolute atomic E-state index is 0.409. The summed E-state index contributed by atoms with van der Waals surface area (Å²) in [6, 6.07) is 0.727. The maximum Gasteiger partial charge on any atom is 0.0322 e. The fourth-order valence-corrected chi connectivity index (χ4v) is 1.88. The average molecular weight is 170 g/mol. The summed E-state index contributed by atoms with van der Waals surface area (Å²) in [6.07, 6.45) is 3.74. The summed E-state index contributed by atoms with van der Waals surface area (Å²) in [6.45, 7) is 9.16. The zero-order chi connectivity index (χ0) is 9.03. The average Bonchev–Trinajstić information content (AvgIpc) is 2.05. The van der Waals surface area contributed by atoms with Gasteiger partial charge >= 0.3 is 0 Å². The van der Waals surface area contributed by atoms with E-state index in [-0.39, 0.29) is 0 Å². The Hall–Kier alpha value is -0.0800. The summed E-state index contributed by atoms with van der Waals surface area (Å²) in [5.41, 5.74) is 0.409. The van der Waals surface area contributed by atoms with Crippen molar-refractivity contribution in [3.8, 4) is 0 Å². The van der Waals surface area contributed by atoms with Crippen LogP contribution in [0.25, 0.3) is 0 Å². The van der Waals surface area contributed by atoms with Gasteiger partial charge in [0.1, 0.15) is 0 Å². The first kappa shape index (κ1) is 10.0. The third-order valence-corrected chi connectivity index (χ3v) is 3.32. The van der Waals surface area contributed by atoms with Crippen molar-refractivity contribution in [2.75, 3.05) is 13.1 Å². The highest BCUT2D eigenvalue weighted by atomic mass is 15.1. The van der Waals surface area contributed by atoms with Gasteiger partial charge < -0.3 is 10.6 Å². The van der Waals surface area contributed by atoms with Gasteiger partial charge in [-0.05, 0) is 19.3 Å². The van der Waals surface area contributed by atoms with Crippen LogP contribution in [0.15, 0.2) is 0 Å². The molecule has 0 aromatic rings. The highest BCUT2D eigenvalue weighted by molar-refractivity contribution is 4.92. The lowest BCUT2D eigenvalue weighted by atomic mass is 9.88. The summed E-state index contributed by atoms with van der Waals surface area (Å²) >= 11 is 0. The fourth-order valence-electron chi connectivity index (χ4n) is 1.88. The van der Waals surface area contributed by atoms with E-state index in [1.807, 2.05) is 0 Å². The van der Waals surface area contributed by atoms with Crippen LogP contribution in [0, 0.1) is 0 Å². The first-order chi connectivity index (χ1) is 5.76. The lowest BCUT2D eigenvalue weighted by Gasteiger charge is -2.40. The molecule has 0 aromatic heterocycles. The molecule has 72 valence electrons. The second kappa shape index (κ2) is 4.24. The molecule has 2 nitrogen and oxygen atoms in total. The number of rotatable bonds is 5. The molecule has 2 heteroatoms. The standard InChI is InChI=1S/C10H22N2/c1-4-10(5-2,6-3)12-9-7-11-8-9/h9,11-12H,4-8H2,1-3H3. The molecule has 0 aromatic carbocycles. The lowest BCUT2D eigenvalue weighted by Crippen LogP contribution is -2.62. The number of nitrogens with one attached hydrogen (secondary N) is 2. The molecule has 0 bridgehead atoms. The summed E-state index contributed by atoms with van der Waals surface area (Å²) in [5.74, 6) is 0. The number of hydrogen-bond donors (Lipinski definition) is 2. The molecule has 0 amide bonds. The van der Waals surface area contributed by atoms with E-state index in [9.17, 15) is 0 Å². The maximum atomic E-state index is 3.75. The SMILES string of the molecule is CCC(CC)(CC)NC1CNC1. The molecule has 0 atom stereocenters. The fraction of sp³-hybridized carbons (Fsp3) is 1.00. The molecule has 1 aliphatic heterocycles. The van der Waals surface area contributed by atoms with Crippen LogP contribution in [0.4, 0.5) is 0 Å². The summed E-state index contributed by atoms with van der Waals surface area (Å²) in [7, 11) is 0. The van der Waals surface area contributed by atoms with E-state index in [0.29, 0.717) is 5.54 Å². The van der Waals surface area contributed by atoms with Gasteiger partial charge in [-0.1, -0.05) is 20.8 Å². The zero-order valence-corrected chi connectivity index (χ0v) is 8.61. The van der Waals surface area contributed by atoms with Crippen molar-refractivity contribution in [1.82, 2.24) is 10.6 Å². The number of hydrogen-bond acceptors (Lipinski definition) is 2. The second-order valence-corrected chi connectivity index (χ2v) is 3.84. The predicted octanol–water partition coefficient (Wildman–Crippen LogP) is 1.52. The smallest absolute Gasteiger partial charge is 0.0322 e. The molecular formula is C10H22N2. The third-order valence-electron chi connectivity index (χ3n) is 3.32. The van der Waals surface area contributed by atoms with Crippen LogP contribution < -0.4 is 10.6 Å². The van der Waals surface area contributed by atoms with Crippen LogP contribution in [0.2, 0.25) is 0 Å². The molecule has 12 heavy (non-hydrogen) atoms. The molecule has 0 unspecified atom stereocenters. The van der Waals surface area contributed by atoms with Crippen molar-refractivity contribution in [2.24, 2.45) is 0 Å². The van der Waals surface area contributed by atoms with Crippen molar-refractivity contribution in [1.29, 1.82) is 0 Å². The van der Waals surface area contributed by atoms with E-state index in [0.717, 1.165) is 19.1 Å². The summed E-state index contributed by atoms with van der Waals surface area (Å²) < 4.78 is 0. The van der Waals surface area contributed by atoms with Gasteiger partial charge in [0, 0.05) is 24.7 Å². The van der Waals surface area contributed by atoms with Gasteiger partial charge in [0.15, 0.2) is 0 Å². The Balaban J connectivity index is 2.39. The van der Waals surface area contributed by atoms with Crippen LogP contribution in [0.1, 0.15) is 40.0 Å². The van der Waals surface area contributed by atoms with Crippen molar-refractivity contribution in [3.05, 3.63) is 0 Å². The van der Waals surface area contributed by atoms with Gasteiger partial charge in [-0.15, -0.1) is 0 Å². The first-order valence-electron chi connectivity index (χ1n) is 5.24. The highest BCUT2D eigenvalue weighted by Crippen LogP contribution is 2.20. The van der Waals surface area contributed by atoms with E-state index in [2.05, 4.69) is 31.4 Å². The third kappa shape index (κ3) is 1.99. The minimum Gasteiger partial charge on any atom is -0.314 e. The normalized spacial score (nSPS) is 19.2. The Morgan fingerprint density at radius 1 is 1.17 bits per heavy atom. The Morgan fingerprint density at radius 3 is 1.92 bits per heavy atom. The van der Waals surface area contributed by atoms with Crippen molar-refractivity contribution < 1.29 is 0 Å². The van der Waals surface area contributed by atoms with Crippen molar-refractivity contribution in [2.45, 2.75) is 51.6 Å². The van der Waals surface area contributed by atoms with Crippen LogP contribution in [0.3, 0.4) is 0 Å². The molecule has 0 spiro atoms. The molecule has 1 saturated heterocycles. The first-order valence-corrected chi connectivity index (χ1v) is 5.24. The molecule has 1 rings (SSSR count). The van der Waals surface area contributed by atoms with Crippen molar-refractivity contribution in [3.63, 3.8) is 0 Å². The van der Waals surface area contributed by atoms with Crippen LogP contribution >= 0.6 is 0 Å². The Kier molecular flexibility index (Phi) is 3.53. The van der Waals surface area contributed by atoms with Crippen LogP contribution in [-0.2, 0) is 0 Å². The topological polar surface area (TPSA) is 24.1 Å². The van der Waals surface area contributed by atoms with Crippen LogP contribution in [-0.4, -0.2) is 24.7 Å². The van der Waals surface area contributed by atoms with E-state index < -0.39 is 0 Å². The lowest BCUT2D eigenvalue weighted by molar-refractivity contribution is 0.217. The highest BCUT2D eigenvalue weighted by Gasteiger charge is 2.29. The molecule has 1 aliphatic rings. The van der Waals surface area contributed by atoms with Gasteiger partial charge in [-0.3, -0.25) is 0 Å². The molecule has 0 radical (unpaired) electrons. The monoisotopic (exact) mass is 170 g/mol. The van der Waals surface area contributed by atoms with Crippen LogP contribution in [0.5, 0.6) is 0 Å². The van der Waals surface area contributed by atoms with Gasteiger partial charge in [0.25, 0.3) is 0 Å². The Morgan fingerprint density at radius 2 is 1.67 bits per heavy atom. The summed E-state index contributed by atoms with van der Waals surface area (Å²) in [5, 5.41) is 7.05. The minimum atomic E-state index is 0.409. The van der Waals surface area contributed by atoms with Gasteiger partial charge in [0.2, 0.25) is 0 Å². The summed E-state index contributed by atoms with van der Waals surface area (Å²) in [4.78, 5) is 0. The van der Waals surface area contributed by atoms with E-state index in [4.69, 9.17) is 0 Å². The van der Waals surface area contributed by atoms with E-state index in [1.54, 1.807) is 0 Å². The van der Waals surface area contributed by atoms with Gasteiger partial charge in [0.05, 0.1) is 0 Å². The van der Waals surface area contributed by atoms with Gasteiger partial charge in [-0.2, -0.15) is 0 Å². The van der Waals surface area contributed by atoms with Gasteiger partial charge in [-0.25, -0.2) is 0 Å². The van der Waals surface area contributed by atoms with E-state index in [1.165, 1.54) is 19.3 Å². The maximum absolute atomic E-state index is 3.75. The van der Waals surface area contributed by atoms with E-state index >= 15 is 0 Å². The second-order valence-electron chi connectivity index (χ2n) is 3.84. The Labute approximate surface area is 76.1 Å². The largest absolute Gasteiger partial charge is 0.314 e. The quantitative estimate of drug-likeness (QED) is 0.653. The molecule has 1 fully saturated rings. The van der Waals surface area contributed by atoms with Crippen molar-refractivity contribution >= 4 is 0 Å². The predicted molar refractivity (Wildman–Crippen MR) is 53.4 cm³/mol. The zero-order valence-electron chi connectivity index (χ0n) is 8.61. The molecular weight excluding hydrogens is 148 g/mol.